The maximum absolute atomic E-state index is 12.6. The third kappa shape index (κ3) is 5.89. The van der Waals surface area contributed by atoms with Crippen LogP contribution in [0.5, 0.6) is 17.2 Å². The van der Waals surface area contributed by atoms with Crippen molar-refractivity contribution in [1.82, 2.24) is 4.90 Å². The number of hydrogen-bond donors (Lipinski definition) is 2. The van der Waals surface area contributed by atoms with Gasteiger partial charge in [-0.05, 0) is 74.1 Å². The summed E-state index contributed by atoms with van der Waals surface area (Å²) in [6.45, 7) is 13.7. The Labute approximate surface area is 174 Å². The molecule has 0 unspecified atom stereocenters. The van der Waals surface area contributed by atoms with Crippen LogP contribution >= 0.6 is 0 Å². The summed E-state index contributed by atoms with van der Waals surface area (Å²) in [4.78, 5) is 14.4. The number of ether oxygens (including phenoxy) is 1. The van der Waals surface area contributed by atoms with E-state index < -0.39 is 0 Å². The minimum Gasteiger partial charge on any atom is -0.508 e. The molecule has 0 heterocycles. The van der Waals surface area contributed by atoms with E-state index in [4.69, 9.17) is 4.74 Å². The number of carbonyl (C=O) groups is 1. The van der Waals surface area contributed by atoms with Crippen LogP contribution in [0.2, 0.25) is 0 Å². The van der Waals surface area contributed by atoms with Gasteiger partial charge in [0.25, 0.3) is 0 Å². The molecule has 0 atom stereocenters. The number of aromatic hydroxyl groups is 1. The minimum atomic E-state index is -0.0683. The van der Waals surface area contributed by atoms with Crippen molar-refractivity contribution in [2.24, 2.45) is 0 Å². The number of amides is 2. The molecular weight excluding hydrogens is 364 g/mol. The lowest BCUT2D eigenvalue weighted by molar-refractivity contribution is 0.211. The number of nitrogens with one attached hydrogen (secondary N) is 1. The standard InChI is InChI=1S/C24H34N2O3/c1-7-11-26(12-8-2)24(28)25-19-13-17(5)23(18(6)14-19)29-20-9-10-22(27)21(15-20)16(3)4/h9-10,13-16,27H,7-8,11-12H2,1-6H3,(H,25,28). The van der Waals surface area contributed by atoms with Gasteiger partial charge in [-0.3, -0.25) is 0 Å². The van der Waals surface area contributed by atoms with Crippen LogP contribution in [0.25, 0.3) is 0 Å². The molecule has 0 aromatic heterocycles. The number of aryl methyl sites for hydroxylation is 2. The maximum atomic E-state index is 12.6. The highest BCUT2D eigenvalue weighted by Gasteiger charge is 2.15. The highest BCUT2D eigenvalue weighted by atomic mass is 16.5. The number of nitrogens with zero attached hydrogens (tertiary/aromatic N) is 1. The highest BCUT2D eigenvalue weighted by molar-refractivity contribution is 5.89. The molecular formula is C24H34N2O3. The summed E-state index contributed by atoms with van der Waals surface area (Å²) >= 11 is 0. The van der Waals surface area contributed by atoms with Crippen LogP contribution in [0, 0.1) is 13.8 Å². The number of anilines is 1. The molecule has 0 saturated carbocycles. The summed E-state index contributed by atoms with van der Waals surface area (Å²) in [6, 6.07) is 9.10. The summed E-state index contributed by atoms with van der Waals surface area (Å²) in [5.41, 5.74) is 3.51. The molecule has 0 fully saturated rings. The molecule has 2 N–H and O–H groups in total. The first kappa shape index (κ1) is 22.6. The molecule has 0 aliphatic rings. The maximum Gasteiger partial charge on any atom is 0.321 e. The van der Waals surface area contributed by atoms with Crippen molar-refractivity contribution in [2.75, 3.05) is 18.4 Å². The molecule has 2 aromatic rings. The predicted molar refractivity (Wildman–Crippen MR) is 119 cm³/mol. The van der Waals surface area contributed by atoms with Crippen LogP contribution in [-0.4, -0.2) is 29.1 Å². The Morgan fingerprint density at radius 3 is 2.17 bits per heavy atom. The zero-order valence-electron chi connectivity index (χ0n) is 18.5. The van der Waals surface area contributed by atoms with Crippen LogP contribution in [0.3, 0.4) is 0 Å². The van der Waals surface area contributed by atoms with Gasteiger partial charge in [0.1, 0.15) is 17.2 Å². The second-order valence-electron chi connectivity index (χ2n) is 7.83. The molecule has 29 heavy (non-hydrogen) atoms. The van der Waals surface area contributed by atoms with Gasteiger partial charge in [-0.1, -0.05) is 27.7 Å². The van der Waals surface area contributed by atoms with Gasteiger partial charge < -0.3 is 20.1 Å². The molecule has 158 valence electrons. The largest absolute Gasteiger partial charge is 0.508 e. The van der Waals surface area contributed by atoms with E-state index in [1.165, 1.54) is 0 Å². The summed E-state index contributed by atoms with van der Waals surface area (Å²) < 4.78 is 6.14. The van der Waals surface area contributed by atoms with Crippen LogP contribution in [0.1, 0.15) is 63.1 Å². The molecule has 0 radical (unpaired) electrons. The van der Waals surface area contributed by atoms with Gasteiger partial charge in [0.2, 0.25) is 0 Å². The molecule has 0 saturated heterocycles. The van der Waals surface area contributed by atoms with Crippen molar-refractivity contribution < 1.29 is 14.6 Å². The fraction of sp³-hybridized carbons (Fsp3) is 0.458. The first-order chi connectivity index (χ1) is 13.8. The minimum absolute atomic E-state index is 0.0683. The first-order valence-electron chi connectivity index (χ1n) is 10.4. The van der Waals surface area contributed by atoms with Crippen LogP contribution in [0.4, 0.5) is 10.5 Å². The average molecular weight is 399 g/mol. The van der Waals surface area contributed by atoms with Gasteiger partial charge in [-0.15, -0.1) is 0 Å². The van der Waals surface area contributed by atoms with Crippen LogP contribution in [-0.2, 0) is 0 Å². The molecule has 2 amide bonds. The number of carbonyl (C=O) groups excluding carboxylic acids is 1. The van der Waals surface area contributed by atoms with E-state index in [0.29, 0.717) is 5.75 Å². The van der Waals surface area contributed by atoms with E-state index in [0.717, 1.165) is 54.1 Å². The van der Waals surface area contributed by atoms with Crippen molar-refractivity contribution in [1.29, 1.82) is 0 Å². The fourth-order valence-electron chi connectivity index (χ4n) is 3.42. The third-order valence-corrected chi connectivity index (χ3v) is 4.83. The Morgan fingerprint density at radius 1 is 1.07 bits per heavy atom. The summed E-state index contributed by atoms with van der Waals surface area (Å²) in [7, 11) is 0. The molecule has 2 aromatic carbocycles. The third-order valence-electron chi connectivity index (χ3n) is 4.83. The van der Waals surface area contributed by atoms with Crippen LogP contribution < -0.4 is 10.1 Å². The Morgan fingerprint density at radius 2 is 1.66 bits per heavy atom. The van der Waals surface area contributed by atoms with Crippen molar-refractivity contribution in [3.63, 3.8) is 0 Å². The van der Waals surface area contributed by atoms with Gasteiger partial charge in [-0.2, -0.15) is 0 Å². The van der Waals surface area contributed by atoms with Gasteiger partial charge >= 0.3 is 6.03 Å². The normalized spacial score (nSPS) is 10.9. The first-order valence-corrected chi connectivity index (χ1v) is 10.4. The van der Waals surface area contributed by atoms with Gasteiger partial charge in [0.05, 0.1) is 0 Å². The monoisotopic (exact) mass is 398 g/mol. The lowest BCUT2D eigenvalue weighted by Crippen LogP contribution is -2.36. The van der Waals surface area contributed by atoms with Gasteiger partial charge in [0, 0.05) is 24.3 Å². The fourth-order valence-corrected chi connectivity index (χ4v) is 3.42. The lowest BCUT2D eigenvalue weighted by Gasteiger charge is -2.22. The molecule has 2 rings (SSSR count). The molecule has 5 heteroatoms. The van der Waals surface area contributed by atoms with E-state index >= 15 is 0 Å². The highest BCUT2D eigenvalue weighted by Crippen LogP contribution is 2.35. The van der Waals surface area contributed by atoms with Crippen molar-refractivity contribution >= 4 is 11.7 Å². The Balaban J connectivity index is 2.21. The van der Waals surface area contributed by atoms with E-state index in [9.17, 15) is 9.90 Å². The lowest BCUT2D eigenvalue weighted by atomic mass is 10.0. The van der Waals surface area contributed by atoms with E-state index in [1.807, 2.05) is 50.8 Å². The summed E-state index contributed by atoms with van der Waals surface area (Å²) in [5, 5.41) is 13.0. The van der Waals surface area contributed by atoms with Gasteiger partial charge in [-0.25, -0.2) is 4.79 Å². The Bertz CT molecular complexity index is 817. The number of urea groups is 1. The molecule has 5 nitrogen and oxygen atoms in total. The molecule has 0 aliphatic heterocycles. The van der Waals surface area contributed by atoms with E-state index in [1.54, 1.807) is 12.1 Å². The van der Waals surface area contributed by atoms with Crippen molar-refractivity contribution in [3.05, 3.63) is 47.0 Å². The van der Waals surface area contributed by atoms with Crippen molar-refractivity contribution in [2.45, 2.75) is 60.3 Å². The second kappa shape index (κ2) is 10.2. The zero-order chi connectivity index (χ0) is 21.6. The van der Waals surface area contributed by atoms with Crippen molar-refractivity contribution in [3.8, 4) is 17.2 Å². The predicted octanol–water partition coefficient (Wildman–Crippen LogP) is 6.58. The van der Waals surface area contributed by atoms with Gasteiger partial charge in [0.15, 0.2) is 0 Å². The Hall–Kier alpha value is -2.69. The number of hydrogen-bond acceptors (Lipinski definition) is 3. The number of rotatable bonds is 8. The summed E-state index contributed by atoms with van der Waals surface area (Å²) in [5.74, 6) is 1.93. The smallest absolute Gasteiger partial charge is 0.321 e. The SMILES string of the molecule is CCCN(CCC)C(=O)Nc1cc(C)c(Oc2ccc(O)c(C(C)C)c2)c(C)c1. The number of phenols is 1. The zero-order valence-corrected chi connectivity index (χ0v) is 18.5. The number of phenolic OH excluding ortho intramolecular Hbond substituents is 1. The van der Waals surface area contributed by atoms with E-state index in [2.05, 4.69) is 19.2 Å². The topological polar surface area (TPSA) is 61.8 Å². The van der Waals surface area contributed by atoms with Crippen LogP contribution in [0.15, 0.2) is 30.3 Å². The summed E-state index contributed by atoms with van der Waals surface area (Å²) in [6.07, 6.45) is 1.87. The molecule has 0 bridgehead atoms. The number of benzene rings is 2. The Kier molecular flexibility index (Phi) is 7.94. The molecule has 0 aliphatic carbocycles. The second-order valence-corrected chi connectivity index (χ2v) is 7.83. The molecule has 0 spiro atoms. The van der Waals surface area contributed by atoms with E-state index in [-0.39, 0.29) is 17.7 Å². The average Bonchev–Trinajstić information content (AvgIpc) is 2.65. The quantitative estimate of drug-likeness (QED) is 0.528.